The van der Waals surface area contributed by atoms with Crippen LogP contribution in [0.4, 0.5) is 10.1 Å². The van der Waals surface area contributed by atoms with Crippen LogP contribution in [0.2, 0.25) is 0 Å². The first kappa shape index (κ1) is 14.3. The fourth-order valence-corrected chi connectivity index (χ4v) is 2.33. The minimum atomic E-state index is -0.478. The smallest absolute Gasteiger partial charge is 0.255 e. The van der Waals surface area contributed by atoms with E-state index in [2.05, 4.69) is 36.8 Å². The van der Waals surface area contributed by atoms with E-state index in [1.807, 2.05) is 0 Å². The predicted molar refractivity (Wildman–Crippen MR) is 81.2 cm³/mol. The van der Waals surface area contributed by atoms with Gasteiger partial charge in [-0.1, -0.05) is 15.9 Å². The van der Waals surface area contributed by atoms with Gasteiger partial charge in [0.05, 0.1) is 5.69 Å². The van der Waals surface area contributed by atoms with Crippen LogP contribution >= 0.6 is 15.9 Å². The van der Waals surface area contributed by atoms with Gasteiger partial charge in [0.15, 0.2) is 0 Å². The van der Waals surface area contributed by atoms with E-state index >= 15 is 0 Å². The molecule has 0 unspecified atom stereocenters. The van der Waals surface area contributed by atoms with Crippen LogP contribution in [0.1, 0.15) is 10.4 Å². The van der Waals surface area contributed by atoms with Crippen molar-refractivity contribution in [1.82, 2.24) is 20.2 Å². The second-order valence-corrected chi connectivity index (χ2v) is 5.33. The van der Waals surface area contributed by atoms with Gasteiger partial charge < -0.3 is 5.32 Å². The first-order valence-electron chi connectivity index (χ1n) is 6.23. The molecule has 1 aromatic heterocycles. The number of halogens is 2. The van der Waals surface area contributed by atoms with Gasteiger partial charge in [-0.25, -0.2) is 9.07 Å². The highest BCUT2D eigenvalue weighted by Gasteiger charge is 2.09. The third-order valence-corrected chi connectivity index (χ3v) is 3.32. The highest BCUT2D eigenvalue weighted by atomic mass is 79.9. The van der Waals surface area contributed by atoms with Gasteiger partial charge in [0, 0.05) is 15.7 Å². The summed E-state index contributed by atoms with van der Waals surface area (Å²) in [6, 6.07) is 11.0. The number of carbonyl (C=O) groups excluding carboxylic acids is 1. The number of nitrogens with one attached hydrogen (secondary N) is 1. The molecule has 110 valence electrons. The molecule has 3 aromatic rings. The Bertz CT molecular complexity index is 784. The lowest BCUT2D eigenvalue weighted by Gasteiger charge is -2.07. The molecule has 1 N–H and O–H groups in total. The maximum absolute atomic E-state index is 13.3. The molecule has 2 aromatic carbocycles. The molecule has 0 saturated carbocycles. The van der Waals surface area contributed by atoms with Crippen LogP contribution in [0.3, 0.4) is 0 Å². The third-order valence-electron chi connectivity index (χ3n) is 2.86. The molecule has 1 amide bonds. The standard InChI is InChI=1S/C14H9BrFN5O/c15-10-5-9(6-11(16)7-10)14(22)18-12-1-3-13(4-2-12)21-8-17-19-20-21/h1-8H,(H,18,22). The summed E-state index contributed by atoms with van der Waals surface area (Å²) in [6.45, 7) is 0. The highest BCUT2D eigenvalue weighted by Crippen LogP contribution is 2.17. The summed E-state index contributed by atoms with van der Waals surface area (Å²) in [7, 11) is 0. The monoisotopic (exact) mass is 361 g/mol. The van der Waals surface area contributed by atoms with Crippen molar-refractivity contribution in [2.75, 3.05) is 5.32 Å². The summed E-state index contributed by atoms with van der Waals surface area (Å²) < 4.78 is 15.3. The predicted octanol–water partition coefficient (Wildman–Crippen LogP) is 2.82. The van der Waals surface area contributed by atoms with Gasteiger partial charge in [-0.05, 0) is 52.9 Å². The van der Waals surface area contributed by atoms with Gasteiger partial charge in [-0.3, -0.25) is 4.79 Å². The lowest BCUT2D eigenvalue weighted by Crippen LogP contribution is -2.12. The van der Waals surface area contributed by atoms with Crippen LogP contribution in [-0.4, -0.2) is 26.1 Å². The van der Waals surface area contributed by atoms with E-state index in [4.69, 9.17) is 0 Å². The van der Waals surface area contributed by atoms with Gasteiger partial charge in [-0.15, -0.1) is 5.10 Å². The molecule has 0 bridgehead atoms. The quantitative estimate of drug-likeness (QED) is 0.778. The molecule has 8 heteroatoms. The van der Waals surface area contributed by atoms with Crippen molar-refractivity contribution in [3.05, 3.63) is 64.6 Å². The maximum Gasteiger partial charge on any atom is 0.255 e. The van der Waals surface area contributed by atoms with Crippen molar-refractivity contribution in [2.45, 2.75) is 0 Å². The summed E-state index contributed by atoms with van der Waals surface area (Å²) in [5.41, 5.74) is 1.58. The average Bonchev–Trinajstić information content (AvgIpc) is 3.01. The molecule has 3 rings (SSSR count). The van der Waals surface area contributed by atoms with Crippen molar-refractivity contribution in [3.8, 4) is 5.69 Å². The Morgan fingerprint density at radius 2 is 1.95 bits per heavy atom. The Kier molecular flexibility index (Phi) is 3.92. The SMILES string of the molecule is O=C(Nc1ccc(-n2cnnn2)cc1)c1cc(F)cc(Br)c1. The zero-order valence-corrected chi connectivity index (χ0v) is 12.7. The van der Waals surface area contributed by atoms with E-state index in [9.17, 15) is 9.18 Å². The molecule has 0 saturated heterocycles. The van der Waals surface area contributed by atoms with E-state index in [0.29, 0.717) is 10.2 Å². The summed E-state index contributed by atoms with van der Waals surface area (Å²) in [5, 5.41) is 13.6. The molecule has 0 aliphatic heterocycles. The van der Waals surface area contributed by atoms with Crippen molar-refractivity contribution in [1.29, 1.82) is 0 Å². The fraction of sp³-hybridized carbons (Fsp3) is 0. The molecule has 0 aliphatic carbocycles. The molecule has 6 nitrogen and oxygen atoms in total. The second-order valence-electron chi connectivity index (χ2n) is 4.41. The maximum atomic E-state index is 13.3. The molecule has 0 fully saturated rings. The molecular formula is C14H9BrFN5O. The number of carbonyl (C=O) groups is 1. The van der Waals surface area contributed by atoms with Crippen LogP contribution in [-0.2, 0) is 0 Å². The Hall–Kier alpha value is -2.61. The molecule has 0 radical (unpaired) electrons. The summed E-state index contributed by atoms with van der Waals surface area (Å²) in [6.07, 6.45) is 1.47. The van der Waals surface area contributed by atoms with Crippen molar-refractivity contribution < 1.29 is 9.18 Å². The first-order valence-corrected chi connectivity index (χ1v) is 7.02. The third kappa shape index (κ3) is 3.17. The van der Waals surface area contributed by atoms with Gasteiger partial charge in [0.1, 0.15) is 12.1 Å². The number of benzene rings is 2. The number of anilines is 1. The first-order chi connectivity index (χ1) is 10.6. The fourth-order valence-electron chi connectivity index (χ4n) is 1.87. The normalized spacial score (nSPS) is 10.5. The van der Waals surface area contributed by atoms with Crippen LogP contribution in [0.5, 0.6) is 0 Å². The average molecular weight is 362 g/mol. The van der Waals surface area contributed by atoms with E-state index < -0.39 is 11.7 Å². The number of amides is 1. The number of aromatic nitrogens is 4. The van der Waals surface area contributed by atoms with Gasteiger partial charge >= 0.3 is 0 Å². The topological polar surface area (TPSA) is 72.7 Å². The number of tetrazole rings is 1. The van der Waals surface area contributed by atoms with Crippen LogP contribution in [0, 0.1) is 5.82 Å². The second kappa shape index (κ2) is 6.02. The van der Waals surface area contributed by atoms with E-state index in [-0.39, 0.29) is 5.56 Å². The molecule has 0 atom stereocenters. The van der Waals surface area contributed by atoms with Crippen molar-refractivity contribution >= 4 is 27.5 Å². The van der Waals surface area contributed by atoms with Gasteiger partial charge in [0.2, 0.25) is 0 Å². The zero-order valence-electron chi connectivity index (χ0n) is 11.1. The summed E-state index contributed by atoms with van der Waals surface area (Å²) in [4.78, 5) is 12.1. The number of hydrogen-bond donors (Lipinski definition) is 1. The summed E-state index contributed by atoms with van der Waals surface area (Å²) in [5.74, 6) is -0.871. The minimum Gasteiger partial charge on any atom is -0.322 e. The molecule has 0 spiro atoms. The lowest BCUT2D eigenvalue weighted by molar-refractivity contribution is 0.102. The van der Waals surface area contributed by atoms with Gasteiger partial charge in [-0.2, -0.15) is 0 Å². The minimum absolute atomic E-state index is 0.233. The van der Waals surface area contributed by atoms with E-state index in [0.717, 1.165) is 5.69 Å². The number of rotatable bonds is 3. The number of hydrogen-bond acceptors (Lipinski definition) is 4. The highest BCUT2D eigenvalue weighted by molar-refractivity contribution is 9.10. The van der Waals surface area contributed by atoms with Crippen LogP contribution in [0.25, 0.3) is 5.69 Å². The molecule has 22 heavy (non-hydrogen) atoms. The molecule has 0 aliphatic rings. The van der Waals surface area contributed by atoms with Gasteiger partial charge in [0.25, 0.3) is 5.91 Å². The largest absolute Gasteiger partial charge is 0.322 e. The van der Waals surface area contributed by atoms with Crippen molar-refractivity contribution in [2.24, 2.45) is 0 Å². The molecular weight excluding hydrogens is 353 g/mol. The lowest BCUT2D eigenvalue weighted by atomic mass is 10.2. The Balaban J connectivity index is 1.76. The van der Waals surface area contributed by atoms with Crippen LogP contribution in [0.15, 0.2) is 53.3 Å². The molecule has 1 heterocycles. The Labute approximate surface area is 133 Å². The van der Waals surface area contributed by atoms with E-state index in [1.54, 1.807) is 30.3 Å². The Morgan fingerprint density at radius 3 is 2.59 bits per heavy atom. The van der Waals surface area contributed by atoms with E-state index in [1.165, 1.54) is 23.1 Å². The van der Waals surface area contributed by atoms with Crippen LogP contribution < -0.4 is 5.32 Å². The zero-order chi connectivity index (χ0) is 15.5. The summed E-state index contributed by atoms with van der Waals surface area (Å²) >= 11 is 3.16. The Morgan fingerprint density at radius 1 is 1.18 bits per heavy atom. The number of nitrogens with zero attached hydrogens (tertiary/aromatic N) is 4. The van der Waals surface area contributed by atoms with Crippen molar-refractivity contribution in [3.63, 3.8) is 0 Å².